The molecule has 1 aromatic carbocycles. The molecule has 1 aromatic rings. The minimum atomic E-state index is -0.532. The van der Waals surface area contributed by atoms with Crippen LogP contribution in [0.1, 0.15) is 21.5 Å². The molecule has 0 radical (unpaired) electrons. The van der Waals surface area contributed by atoms with Crippen molar-refractivity contribution in [3.05, 3.63) is 34.9 Å². The lowest BCUT2D eigenvalue weighted by atomic mass is 9.97. The highest BCUT2D eigenvalue weighted by Gasteiger charge is 2.25. The van der Waals surface area contributed by atoms with Crippen LogP contribution in [0.4, 0.5) is 0 Å². The fourth-order valence-electron chi connectivity index (χ4n) is 1.47. The van der Waals surface area contributed by atoms with Gasteiger partial charge in [-0.2, -0.15) is 0 Å². The zero-order chi connectivity index (χ0) is 9.42. The van der Waals surface area contributed by atoms with E-state index in [1.54, 1.807) is 12.1 Å². The highest BCUT2D eigenvalue weighted by atomic mass is 16.6. The SMILES string of the molecule is Cc1cccc2c1CC(=O)OC2=O. The van der Waals surface area contributed by atoms with E-state index in [4.69, 9.17) is 0 Å². The summed E-state index contributed by atoms with van der Waals surface area (Å²) in [5.41, 5.74) is 2.27. The molecule has 2 rings (SSSR count). The van der Waals surface area contributed by atoms with E-state index in [1.807, 2.05) is 13.0 Å². The number of ether oxygens (including phenoxy) is 1. The molecule has 1 aliphatic heterocycles. The van der Waals surface area contributed by atoms with Crippen molar-refractivity contribution in [1.82, 2.24) is 0 Å². The Morgan fingerprint density at radius 2 is 2.08 bits per heavy atom. The lowest BCUT2D eigenvalue weighted by molar-refractivity contribution is -0.137. The third kappa shape index (κ3) is 1.22. The van der Waals surface area contributed by atoms with Crippen LogP contribution in [0.5, 0.6) is 0 Å². The minimum Gasteiger partial charge on any atom is -0.389 e. The van der Waals surface area contributed by atoms with Crippen LogP contribution in [0.3, 0.4) is 0 Å². The molecule has 1 heterocycles. The van der Waals surface area contributed by atoms with E-state index in [9.17, 15) is 9.59 Å². The fraction of sp³-hybridized carbons (Fsp3) is 0.200. The summed E-state index contributed by atoms with van der Waals surface area (Å²) in [4.78, 5) is 22.2. The van der Waals surface area contributed by atoms with Gasteiger partial charge in [-0.05, 0) is 24.1 Å². The van der Waals surface area contributed by atoms with Crippen LogP contribution >= 0.6 is 0 Å². The molecular weight excluding hydrogens is 168 g/mol. The lowest BCUT2D eigenvalue weighted by Crippen LogP contribution is -2.23. The van der Waals surface area contributed by atoms with Gasteiger partial charge in [0, 0.05) is 0 Å². The molecule has 0 spiro atoms. The van der Waals surface area contributed by atoms with Gasteiger partial charge in [-0.3, -0.25) is 4.79 Å². The number of carbonyl (C=O) groups is 2. The van der Waals surface area contributed by atoms with Gasteiger partial charge < -0.3 is 4.74 Å². The molecule has 3 nitrogen and oxygen atoms in total. The first-order valence-corrected chi connectivity index (χ1v) is 4.02. The Balaban J connectivity index is 2.61. The number of hydrogen-bond donors (Lipinski definition) is 0. The largest absolute Gasteiger partial charge is 0.389 e. The first-order chi connectivity index (χ1) is 6.18. The average Bonchev–Trinajstić information content (AvgIpc) is 2.07. The van der Waals surface area contributed by atoms with Gasteiger partial charge in [0.1, 0.15) is 0 Å². The van der Waals surface area contributed by atoms with Gasteiger partial charge in [0.15, 0.2) is 0 Å². The molecule has 0 amide bonds. The van der Waals surface area contributed by atoms with Crippen molar-refractivity contribution >= 4 is 11.9 Å². The van der Waals surface area contributed by atoms with Crippen LogP contribution in [0.2, 0.25) is 0 Å². The molecule has 0 N–H and O–H groups in total. The number of aryl methyl sites for hydroxylation is 1. The first kappa shape index (κ1) is 7.98. The molecule has 1 aliphatic rings. The topological polar surface area (TPSA) is 43.4 Å². The predicted molar refractivity (Wildman–Crippen MR) is 45.3 cm³/mol. The van der Waals surface area contributed by atoms with E-state index in [2.05, 4.69) is 4.74 Å². The number of benzene rings is 1. The molecule has 0 saturated carbocycles. The van der Waals surface area contributed by atoms with E-state index in [0.717, 1.165) is 11.1 Å². The maximum Gasteiger partial charge on any atom is 0.346 e. The van der Waals surface area contributed by atoms with Gasteiger partial charge in [0.25, 0.3) is 0 Å². The standard InChI is InChI=1S/C10H8O3/c1-6-3-2-4-7-8(6)5-9(11)13-10(7)12/h2-4H,5H2,1H3. The third-order valence-electron chi connectivity index (χ3n) is 2.16. The quantitative estimate of drug-likeness (QED) is 0.441. The van der Waals surface area contributed by atoms with Gasteiger partial charge in [-0.15, -0.1) is 0 Å². The smallest absolute Gasteiger partial charge is 0.346 e. The van der Waals surface area contributed by atoms with Gasteiger partial charge in [0.2, 0.25) is 0 Å². The number of carbonyl (C=O) groups excluding carboxylic acids is 2. The average molecular weight is 176 g/mol. The molecule has 66 valence electrons. The molecule has 13 heavy (non-hydrogen) atoms. The third-order valence-corrected chi connectivity index (χ3v) is 2.16. The zero-order valence-electron chi connectivity index (χ0n) is 7.16. The molecule has 0 saturated heterocycles. The first-order valence-electron chi connectivity index (χ1n) is 4.02. The number of esters is 2. The van der Waals surface area contributed by atoms with Crippen LogP contribution in [-0.2, 0) is 16.0 Å². The van der Waals surface area contributed by atoms with Crippen molar-refractivity contribution in [3.8, 4) is 0 Å². The Bertz CT molecular complexity index is 393. The monoisotopic (exact) mass is 176 g/mol. The number of rotatable bonds is 0. The maximum absolute atomic E-state index is 11.2. The summed E-state index contributed by atoms with van der Waals surface area (Å²) in [6.45, 7) is 1.88. The Labute approximate surface area is 75.3 Å². The van der Waals surface area contributed by atoms with Crippen LogP contribution in [0.25, 0.3) is 0 Å². The van der Waals surface area contributed by atoms with E-state index in [-0.39, 0.29) is 6.42 Å². The van der Waals surface area contributed by atoms with E-state index >= 15 is 0 Å². The summed E-state index contributed by atoms with van der Waals surface area (Å²) in [5.74, 6) is -0.998. The van der Waals surface area contributed by atoms with Crippen LogP contribution < -0.4 is 0 Å². The van der Waals surface area contributed by atoms with Crippen LogP contribution in [-0.4, -0.2) is 11.9 Å². The molecule has 0 aliphatic carbocycles. The summed E-state index contributed by atoms with van der Waals surface area (Å²) in [7, 11) is 0. The molecule has 0 bridgehead atoms. The summed E-state index contributed by atoms with van der Waals surface area (Å²) < 4.78 is 4.49. The molecule has 0 unspecified atom stereocenters. The van der Waals surface area contributed by atoms with Gasteiger partial charge in [-0.1, -0.05) is 12.1 Å². The number of hydrogen-bond acceptors (Lipinski definition) is 3. The van der Waals surface area contributed by atoms with Gasteiger partial charge >= 0.3 is 11.9 Å². The van der Waals surface area contributed by atoms with Crippen molar-refractivity contribution in [2.24, 2.45) is 0 Å². The summed E-state index contributed by atoms with van der Waals surface area (Å²) >= 11 is 0. The number of fused-ring (bicyclic) bond motifs is 1. The fourth-order valence-corrected chi connectivity index (χ4v) is 1.47. The predicted octanol–water partition coefficient (Wildman–Crippen LogP) is 1.23. The number of cyclic esters (lactones) is 2. The maximum atomic E-state index is 11.2. The van der Waals surface area contributed by atoms with Crippen LogP contribution in [0, 0.1) is 6.92 Å². The van der Waals surface area contributed by atoms with Crippen molar-refractivity contribution < 1.29 is 14.3 Å². The molecule has 0 aromatic heterocycles. The minimum absolute atomic E-state index is 0.202. The summed E-state index contributed by atoms with van der Waals surface area (Å²) in [6.07, 6.45) is 0.202. The van der Waals surface area contributed by atoms with E-state index in [0.29, 0.717) is 5.56 Å². The summed E-state index contributed by atoms with van der Waals surface area (Å²) in [5, 5.41) is 0. The van der Waals surface area contributed by atoms with Crippen molar-refractivity contribution in [2.45, 2.75) is 13.3 Å². The lowest BCUT2D eigenvalue weighted by Gasteiger charge is -2.15. The highest BCUT2D eigenvalue weighted by molar-refractivity contribution is 6.02. The second-order valence-electron chi connectivity index (χ2n) is 3.04. The molecular formula is C10H8O3. The van der Waals surface area contributed by atoms with Gasteiger partial charge in [-0.25, -0.2) is 4.79 Å². The van der Waals surface area contributed by atoms with Gasteiger partial charge in [0.05, 0.1) is 12.0 Å². The normalized spacial score (nSPS) is 15.2. The molecule has 0 fully saturated rings. The Hall–Kier alpha value is -1.64. The van der Waals surface area contributed by atoms with E-state index < -0.39 is 11.9 Å². The molecule has 0 atom stereocenters. The molecule has 3 heteroatoms. The Kier molecular flexibility index (Phi) is 1.65. The second-order valence-corrected chi connectivity index (χ2v) is 3.04. The van der Waals surface area contributed by atoms with Crippen molar-refractivity contribution in [3.63, 3.8) is 0 Å². The highest BCUT2D eigenvalue weighted by Crippen LogP contribution is 2.20. The zero-order valence-corrected chi connectivity index (χ0v) is 7.16. The summed E-state index contributed by atoms with van der Waals surface area (Å²) in [6, 6.07) is 5.34. The Morgan fingerprint density at radius 1 is 1.31 bits per heavy atom. The second kappa shape index (κ2) is 2.69. The van der Waals surface area contributed by atoms with E-state index in [1.165, 1.54) is 0 Å². The van der Waals surface area contributed by atoms with Crippen LogP contribution in [0.15, 0.2) is 18.2 Å². The Morgan fingerprint density at radius 3 is 2.85 bits per heavy atom. The van der Waals surface area contributed by atoms with Crippen molar-refractivity contribution in [2.75, 3.05) is 0 Å². The van der Waals surface area contributed by atoms with Crippen molar-refractivity contribution in [1.29, 1.82) is 0 Å².